The van der Waals surface area contributed by atoms with E-state index in [1.807, 2.05) is 4.90 Å². The lowest BCUT2D eigenvalue weighted by atomic mass is 10.1. The molecule has 0 saturated carbocycles. The number of nitrogens with zero attached hydrogens (tertiary/aromatic N) is 8. The molecule has 0 bridgehead atoms. The molecule has 3 aliphatic rings. The minimum absolute atomic E-state index is 0.0935. The van der Waals surface area contributed by atoms with Gasteiger partial charge in [-0.1, -0.05) is 0 Å². The molecule has 15 heteroatoms. The minimum atomic E-state index is -3.88. The molecule has 13 nitrogen and oxygen atoms in total. The predicted octanol–water partition coefficient (Wildman–Crippen LogP) is 1.14. The molecule has 2 fully saturated rings. The van der Waals surface area contributed by atoms with Crippen LogP contribution in [0.3, 0.4) is 0 Å². The Bertz CT molecular complexity index is 1530. The molecule has 3 aliphatic heterocycles. The van der Waals surface area contributed by atoms with E-state index in [1.165, 1.54) is 23.5 Å². The third-order valence-electron chi connectivity index (χ3n) is 7.81. The molecule has 0 atom stereocenters. The topological polar surface area (TPSA) is 143 Å². The van der Waals surface area contributed by atoms with Gasteiger partial charge in [0.1, 0.15) is 11.6 Å². The highest BCUT2D eigenvalue weighted by molar-refractivity contribution is 7.89. The standard InChI is InChI=1S/C27H34FN9O4S/c1-34(6-7-35-8-12-40-13-9-35)42(38,39)20-2-3-23(22(28)16-20)37-5-4-21-24(19-17-30-26(29)31-18-19)32-27(33-25(21)37)36-10-14-41-15-11-36/h2-3,16-18H,4-15H2,1H3,(H2,29,30,31). The van der Waals surface area contributed by atoms with Gasteiger partial charge in [0.25, 0.3) is 0 Å². The number of halogens is 1. The Morgan fingerprint density at radius 2 is 1.69 bits per heavy atom. The van der Waals surface area contributed by atoms with Crippen molar-refractivity contribution in [3.8, 4) is 11.3 Å². The Balaban J connectivity index is 1.29. The SMILES string of the molecule is CN(CCN1CCOCC1)S(=O)(=O)c1ccc(N2CCc3c(-c4cnc(N)nc4)nc(N4CCOCC4)nc32)c(F)c1. The van der Waals surface area contributed by atoms with Crippen LogP contribution in [0, 0.1) is 5.82 Å². The van der Waals surface area contributed by atoms with E-state index in [1.54, 1.807) is 17.3 Å². The van der Waals surface area contributed by atoms with Crippen molar-refractivity contribution in [1.29, 1.82) is 0 Å². The molecule has 0 spiro atoms. The number of nitrogens with two attached hydrogens (primary N) is 1. The number of fused-ring (bicyclic) bond motifs is 1. The Hall–Kier alpha value is -3.50. The molecule has 224 valence electrons. The van der Waals surface area contributed by atoms with Crippen molar-refractivity contribution >= 4 is 33.4 Å². The number of aromatic nitrogens is 4. The molecule has 0 radical (unpaired) electrons. The predicted molar refractivity (Wildman–Crippen MR) is 155 cm³/mol. The number of morpholine rings is 2. The molecule has 5 heterocycles. The van der Waals surface area contributed by atoms with Crippen molar-refractivity contribution in [3.63, 3.8) is 0 Å². The van der Waals surface area contributed by atoms with Crippen LogP contribution in [0.5, 0.6) is 0 Å². The summed E-state index contributed by atoms with van der Waals surface area (Å²) in [7, 11) is -2.36. The van der Waals surface area contributed by atoms with Crippen LogP contribution < -0.4 is 15.5 Å². The number of ether oxygens (including phenoxy) is 2. The van der Waals surface area contributed by atoms with Gasteiger partial charge in [0.2, 0.25) is 21.9 Å². The first-order valence-electron chi connectivity index (χ1n) is 14.0. The maximum absolute atomic E-state index is 15.7. The lowest BCUT2D eigenvalue weighted by Gasteiger charge is -2.29. The Morgan fingerprint density at radius 3 is 2.38 bits per heavy atom. The van der Waals surface area contributed by atoms with Crippen LogP contribution in [-0.2, 0) is 25.9 Å². The zero-order valence-corrected chi connectivity index (χ0v) is 24.3. The molecular weight excluding hydrogens is 565 g/mol. The molecule has 0 amide bonds. The summed E-state index contributed by atoms with van der Waals surface area (Å²) in [6.45, 7) is 6.46. The van der Waals surface area contributed by atoms with E-state index in [2.05, 4.69) is 14.9 Å². The van der Waals surface area contributed by atoms with E-state index >= 15 is 4.39 Å². The second-order valence-corrected chi connectivity index (χ2v) is 12.4. The van der Waals surface area contributed by atoms with Gasteiger partial charge in [-0.3, -0.25) is 4.90 Å². The lowest BCUT2D eigenvalue weighted by Crippen LogP contribution is -2.41. The third-order valence-corrected chi connectivity index (χ3v) is 9.66. The van der Waals surface area contributed by atoms with Crippen LogP contribution in [0.1, 0.15) is 5.56 Å². The average Bonchev–Trinajstić information content (AvgIpc) is 3.44. The van der Waals surface area contributed by atoms with Crippen molar-refractivity contribution in [1.82, 2.24) is 29.1 Å². The average molecular weight is 600 g/mol. The quantitative estimate of drug-likeness (QED) is 0.397. The molecule has 2 saturated heterocycles. The highest BCUT2D eigenvalue weighted by Crippen LogP contribution is 2.40. The van der Waals surface area contributed by atoms with Gasteiger partial charge in [0.15, 0.2) is 0 Å². The van der Waals surface area contributed by atoms with Crippen LogP contribution in [-0.4, -0.2) is 117 Å². The van der Waals surface area contributed by atoms with E-state index < -0.39 is 15.8 Å². The van der Waals surface area contributed by atoms with E-state index in [0.29, 0.717) is 88.6 Å². The molecule has 0 unspecified atom stereocenters. The fraction of sp³-hybridized carbons (Fsp3) is 0.481. The van der Waals surface area contributed by atoms with Crippen LogP contribution in [0.15, 0.2) is 35.5 Å². The molecule has 2 N–H and O–H groups in total. The first-order chi connectivity index (χ1) is 20.3. The fourth-order valence-corrected chi connectivity index (χ4v) is 6.53. The summed E-state index contributed by atoms with van der Waals surface area (Å²) < 4.78 is 54.4. The molecule has 6 rings (SSSR count). The fourth-order valence-electron chi connectivity index (χ4n) is 5.36. The van der Waals surface area contributed by atoms with Crippen LogP contribution >= 0.6 is 0 Å². The molecular formula is C27H34FN9O4S. The van der Waals surface area contributed by atoms with Crippen LogP contribution in [0.25, 0.3) is 11.3 Å². The Kier molecular flexibility index (Phi) is 8.18. The summed E-state index contributed by atoms with van der Waals surface area (Å²) in [5.74, 6) is 0.575. The highest BCUT2D eigenvalue weighted by atomic mass is 32.2. The van der Waals surface area contributed by atoms with Gasteiger partial charge in [0.05, 0.1) is 42.7 Å². The summed E-state index contributed by atoms with van der Waals surface area (Å²) >= 11 is 0. The number of hydrogen-bond donors (Lipinski definition) is 1. The number of rotatable bonds is 8. The second kappa shape index (κ2) is 12.0. The highest BCUT2D eigenvalue weighted by Gasteiger charge is 2.32. The summed E-state index contributed by atoms with van der Waals surface area (Å²) in [6, 6.07) is 4.05. The number of likely N-dealkylation sites (N-methyl/N-ethyl adjacent to an activating group) is 1. The maximum Gasteiger partial charge on any atom is 0.242 e. The first-order valence-corrected chi connectivity index (χ1v) is 15.4. The number of hydrogen-bond acceptors (Lipinski definition) is 12. The van der Waals surface area contributed by atoms with E-state index in [0.717, 1.165) is 24.7 Å². The first kappa shape index (κ1) is 28.6. The Morgan fingerprint density at radius 1 is 1.00 bits per heavy atom. The summed E-state index contributed by atoms with van der Waals surface area (Å²) in [6.07, 6.45) is 3.79. The van der Waals surface area contributed by atoms with Gasteiger partial charge in [-0.05, 0) is 24.6 Å². The zero-order chi connectivity index (χ0) is 29.3. The van der Waals surface area contributed by atoms with Crippen LogP contribution in [0.4, 0.5) is 27.8 Å². The summed E-state index contributed by atoms with van der Waals surface area (Å²) in [5, 5.41) is 0. The van der Waals surface area contributed by atoms with E-state index in [4.69, 9.17) is 25.2 Å². The molecule has 2 aromatic heterocycles. The Labute approximate surface area is 244 Å². The molecule has 1 aromatic carbocycles. The monoisotopic (exact) mass is 599 g/mol. The van der Waals surface area contributed by atoms with Crippen molar-refractivity contribution < 1.29 is 22.3 Å². The smallest absolute Gasteiger partial charge is 0.242 e. The van der Waals surface area contributed by atoms with Crippen molar-refractivity contribution in [2.75, 3.05) is 94.8 Å². The number of anilines is 4. The second-order valence-electron chi connectivity index (χ2n) is 10.4. The van der Waals surface area contributed by atoms with Gasteiger partial charge >= 0.3 is 0 Å². The third kappa shape index (κ3) is 5.74. The van der Waals surface area contributed by atoms with Crippen molar-refractivity contribution in [2.24, 2.45) is 0 Å². The number of sulfonamides is 1. The van der Waals surface area contributed by atoms with Gasteiger partial charge in [-0.2, -0.15) is 9.29 Å². The molecule has 42 heavy (non-hydrogen) atoms. The maximum atomic E-state index is 15.7. The normalized spacial score (nSPS) is 18.1. The van der Waals surface area contributed by atoms with Crippen molar-refractivity contribution in [3.05, 3.63) is 42.0 Å². The minimum Gasteiger partial charge on any atom is -0.379 e. The number of benzene rings is 1. The van der Waals surface area contributed by atoms with Gasteiger partial charge in [-0.15, -0.1) is 0 Å². The molecule has 3 aromatic rings. The zero-order valence-electron chi connectivity index (χ0n) is 23.4. The summed E-state index contributed by atoms with van der Waals surface area (Å²) in [5.41, 5.74) is 8.13. The van der Waals surface area contributed by atoms with Crippen LogP contribution in [0.2, 0.25) is 0 Å². The van der Waals surface area contributed by atoms with Gasteiger partial charge in [-0.25, -0.2) is 27.8 Å². The number of nitrogen functional groups attached to an aromatic ring is 1. The van der Waals surface area contributed by atoms with E-state index in [9.17, 15) is 8.42 Å². The van der Waals surface area contributed by atoms with Crippen molar-refractivity contribution in [2.45, 2.75) is 11.3 Å². The largest absolute Gasteiger partial charge is 0.379 e. The van der Waals surface area contributed by atoms with E-state index in [-0.39, 0.29) is 16.5 Å². The van der Waals surface area contributed by atoms with Gasteiger partial charge in [0, 0.05) is 76.4 Å². The molecule has 0 aliphatic carbocycles. The lowest BCUT2D eigenvalue weighted by molar-refractivity contribution is 0.0368. The summed E-state index contributed by atoms with van der Waals surface area (Å²) in [4.78, 5) is 23.8. The van der Waals surface area contributed by atoms with Gasteiger partial charge < -0.3 is 25.0 Å².